The fourth-order valence-electron chi connectivity index (χ4n) is 1.08. The van der Waals surface area contributed by atoms with Crippen molar-refractivity contribution in [1.29, 1.82) is 0 Å². The number of benzene rings is 1. The molecule has 11 heteroatoms. The summed E-state index contributed by atoms with van der Waals surface area (Å²) in [6.45, 7) is -0.0618. The lowest BCUT2D eigenvalue weighted by molar-refractivity contribution is -0.203. The van der Waals surface area contributed by atoms with Crippen LogP contribution in [0.2, 0.25) is 0 Å². The Kier molecular flexibility index (Phi) is 4.68. The van der Waals surface area contributed by atoms with Crippen molar-refractivity contribution in [3.63, 3.8) is 0 Å². The first kappa shape index (κ1) is 16.3. The van der Waals surface area contributed by atoms with E-state index in [0.717, 1.165) is 23.1 Å². The summed E-state index contributed by atoms with van der Waals surface area (Å²) in [5, 5.41) is 0. The summed E-state index contributed by atoms with van der Waals surface area (Å²) in [5.74, 6) is -4.02. The second-order valence-corrected chi connectivity index (χ2v) is 5.06. The minimum absolute atomic E-state index is 0.0618. The van der Waals surface area contributed by atoms with Crippen LogP contribution in [0.5, 0.6) is 0 Å². The molecular formula is C9H8F4N2O4S. The maximum absolute atomic E-state index is 13.5. The maximum Gasteiger partial charge on any atom is 0.492 e. The minimum atomic E-state index is -5.38. The van der Waals surface area contributed by atoms with Crippen LogP contribution in [0.4, 0.5) is 17.6 Å². The largest absolute Gasteiger partial charge is 0.492 e. The van der Waals surface area contributed by atoms with Crippen LogP contribution in [0.3, 0.4) is 0 Å². The van der Waals surface area contributed by atoms with Gasteiger partial charge in [0.15, 0.2) is 0 Å². The number of hydrogen-bond donors (Lipinski definition) is 2. The van der Waals surface area contributed by atoms with E-state index < -0.39 is 32.9 Å². The van der Waals surface area contributed by atoms with Crippen molar-refractivity contribution in [2.75, 3.05) is 0 Å². The van der Waals surface area contributed by atoms with Crippen molar-refractivity contribution in [2.45, 2.75) is 17.6 Å². The lowest BCUT2D eigenvalue weighted by Gasteiger charge is -2.09. The third-order valence-electron chi connectivity index (χ3n) is 2.00. The Hall–Kier alpha value is -1.72. The third-order valence-corrected chi connectivity index (χ3v) is 3.21. The number of nitrogens with one attached hydrogen (secondary N) is 1. The van der Waals surface area contributed by atoms with Crippen LogP contribution in [-0.2, 0) is 26.2 Å². The third kappa shape index (κ3) is 3.88. The number of carbonyl (C=O) groups excluding carboxylic acids is 1. The van der Waals surface area contributed by atoms with E-state index in [1.807, 2.05) is 0 Å². The molecule has 1 aromatic carbocycles. The average molecular weight is 316 g/mol. The Bertz CT molecular complexity index is 615. The molecule has 0 atom stereocenters. The van der Waals surface area contributed by atoms with Crippen LogP contribution >= 0.6 is 0 Å². The predicted octanol–water partition coefficient (Wildman–Crippen LogP) is 0.583. The molecular weight excluding hydrogens is 308 g/mol. The molecule has 0 saturated heterocycles. The van der Waals surface area contributed by atoms with E-state index in [9.17, 15) is 30.8 Å². The van der Waals surface area contributed by atoms with Gasteiger partial charge < -0.3 is 10.6 Å². The molecule has 1 rings (SSSR count). The summed E-state index contributed by atoms with van der Waals surface area (Å²) in [4.78, 5) is 13.6. The first-order chi connectivity index (χ1) is 9.08. The summed E-state index contributed by atoms with van der Waals surface area (Å²) in [5.41, 5.74) is 5.47. The van der Waals surface area contributed by atoms with E-state index in [1.165, 1.54) is 0 Å². The Labute approximate surface area is 110 Å². The van der Waals surface area contributed by atoms with E-state index in [-0.39, 0.29) is 12.1 Å². The molecule has 20 heavy (non-hydrogen) atoms. The molecule has 0 fully saturated rings. The fraction of sp³-hybridized carbons (Fsp3) is 0.222. The average Bonchev–Trinajstić information content (AvgIpc) is 2.34. The summed E-state index contributed by atoms with van der Waals surface area (Å²) in [6.07, 6.45) is -5.38. The highest BCUT2D eigenvalue weighted by Gasteiger charge is 2.42. The van der Waals surface area contributed by atoms with E-state index in [2.05, 4.69) is 4.84 Å². The fourth-order valence-corrected chi connectivity index (χ4v) is 1.92. The summed E-state index contributed by atoms with van der Waals surface area (Å²) in [7, 11) is -4.78. The maximum atomic E-state index is 13.5. The highest BCUT2D eigenvalue weighted by Crippen LogP contribution is 2.18. The van der Waals surface area contributed by atoms with E-state index in [0.29, 0.717) is 0 Å². The standard InChI is InChI=1S/C9H8F4N2O4S/c10-6-3-5(4-14)1-2-7(6)20(17,18)15-19-8(16)9(11,12)13/h1-3,15H,4,14H2. The van der Waals surface area contributed by atoms with Gasteiger partial charge in [0, 0.05) is 6.54 Å². The van der Waals surface area contributed by atoms with Crippen LogP contribution < -0.4 is 10.6 Å². The zero-order valence-corrected chi connectivity index (χ0v) is 10.4. The lowest BCUT2D eigenvalue weighted by Crippen LogP contribution is -2.34. The molecule has 3 N–H and O–H groups in total. The zero-order chi connectivity index (χ0) is 15.6. The number of rotatable bonds is 4. The molecule has 112 valence electrons. The second-order valence-electron chi connectivity index (χ2n) is 3.44. The topological polar surface area (TPSA) is 98.5 Å². The Balaban J connectivity index is 2.93. The monoisotopic (exact) mass is 316 g/mol. The number of halogens is 4. The van der Waals surface area contributed by atoms with E-state index >= 15 is 0 Å². The predicted molar refractivity (Wildman–Crippen MR) is 56.8 cm³/mol. The molecule has 0 spiro atoms. The number of hydrogen-bond acceptors (Lipinski definition) is 5. The van der Waals surface area contributed by atoms with Gasteiger partial charge in [0.05, 0.1) is 0 Å². The number of sulfonamides is 1. The van der Waals surface area contributed by atoms with Crippen LogP contribution in [0.15, 0.2) is 23.1 Å². The van der Waals surface area contributed by atoms with Gasteiger partial charge in [-0.3, -0.25) is 0 Å². The first-order valence-electron chi connectivity index (χ1n) is 4.86. The lowest BCUT2D eigenvalue weighted by atomic mass is 10.2. The van der Waals surface area contributed by atoms with Crippen molar-refractivity contribution >= 4 is 16.0 Å². The van der Waals surface area contributed by atoms with Crippen molar-refractivity contribution in [3.05, 3.63) is 29.6 Å². The highest BCUT2D eigenvalue weighted by molar-refractivity contribution is 7.89. The molecule has 1 aromatic rings. The van der Waals surface area contributed by atoms with Crippen molar-refractivity contribution in [1.82, 2.24) is 4.89 Å². The summed E-state index contributed by atoms with van der Waals surface area (Å²) >= 11 is 0. The van der Waals surface area contributed by atoms with E-state index in [1.54, 1.807) is 0 Å². The smallest absolute Gasteiger partial charge is 0.348 e. The van der Waals surface area contributed by atoms with Gasteiger partial charge in [0.1, 0.15) is 10.7 Å². The SMILES string of the molecule is NCc1ccc(S(=O)(=O)NOC(=O)C(F)(F)F)c(F)c1. The van der Waals surface area contributed by atoms with Gasteiger partial charge in [-0.05, 0) is 22.6 Å². The van der Waals surface area contributed by atoms with Crippen molar-refractivity contribution in [2.24, 2.45) is 5.73 Å². The van der Waals surface area contributed by atoms with Gasteiger partial charge in [-0.15, -0.1) is 0 Å². The molecule has 0 aliphatic heterocycles. The van der Waals surface area contributed by atoms with Crippen LogP contribution in [0.1, 0.15) is 5.56 Å². The Morgan fingerprint density at radius 3 is 2.40 bits per heavy atom. The molecule has 0 aliphatic carbocycles. The van der Waals surface area contributed by atoms with Crippen LogP contribution in [-0.4, -0.2) is 20.6 Å². The number of carbonyl (C=O) groups is 1. The molecule has 0 aromatic heterocycles. The zero-order valence-electron chi connectivity index (χ0n) is 9.57. The van der Waals surface area contributed by atoms with Crippen molar-refractivity contribution < 1.29 is 35.6 Å². The number of alkyl halides is 3. The summed E-state index contributed by atoms with van der Waals surface area (Å²) in [6, 6.07) is 2.73. The molecule has 0 aliphatic rings. The Morgan fingerprint density at radius 1 is 1.35 bits per heavy atom. The molecule has 0 saturated carbocycles. The van der Waals surface area contributed by atoms with Crippen LogP contribution in [0, 0.1) is 5.82 Å². The molecule has 0 heterocycles. The normalized spacial score (nSPS) is 12.2. The van der Waals surface area contributed by atoms with E-state index in [4.69, 9.17) is 5.73 Å². The molecule has 0 bridgehead atoms. The summed E-state index contributed by atoms with van der Waals surface area (Å²) < 4.78 is 71.8. The molecule has 0 amide bonds. The molecule has 0 unspecified atom stereocenters. The van der Waals surface area contributed by atoms with Gasteiger partial charge in [0.2, 0.25) is 0 Å². The Morgan fingerprint density at radius 2 is 1.95 bits per heavy atom. The van der Waals surface area contributed by atoms with Gasteiger partial charge in [-0.25, -0.2) is 17.6 Å². The molecule has 0 radical (unpaired) electrons. The van der Waals surface area contributed by atoms with Gasteiger partial charge >= 0.3 is 12.1 Å². The van der Waals surface area contributed by atoms with Crippen LogP contribution in [0.25, 0.3) is 0 Å². The van der Waals surface area contributed by atoms with Gasteiger partial charge in [-0.2, -0.15) is 13.2 Å². The second kappa shape index (κ2) is 5.73. The minimum Gasteiger partial charge on any atom is -0.348 e. The first-order valence-corrected chi connectivity index (χ1v) is 6.34. The van der Waals surface area contributed by atoms with Gasteiger partial charge in [-0.1, -0.05) is 6.07 Å². The quantitative estimate of drug-likeness (QED) is 0.625. The van der Waals surface area contributed by atoms with Crippen molar-refractivity contribution in [3.8, 4) is 0 Å². The highest BCUT2D eigenvalue weighted by atomic mass is 32.2. The number of nitrogens with two attached hydrogens (primary N) is 1. The molecule has 6 nitrogen and oxygen atoms in total. The van der Waals surface area contributed by atoms with Gasteiger partial charge in [0.25, 0.3) is 10.0 Å².